The van der Waals surface area contributed by atoms with E-state index in [2.05, 4.69) is 10.5 Å². The minimum absolute atomic E-state index is 0.127. The maximum absolute atomic E-state index is 12.6. The second-order valence-corrected chi connectivity index (χ2v) is 8.74. The highest BCUT2D eigenvalue weighted by atomic mass is 35.5. The summed E-state index contributed by atoms with van der Waals surface area (Å²) in [6.45, 7) is 3.01. The second-order valence-electron chi connectivity index (χ2n) is 8.31. The van der Waals surface area contributed by atoms with Gasteiger partial charge in [-0.3, -0.25) is 4.79 Å². The van der Waals surface area contributed by atoms with Crippen molar-refractivity contribution >= 4 is 23.5 Å². The molecular weight excluding hydrogens is 448 g/mol. The summed E-state index contributed by atoms with van der Waals surface area (Å²) in [5, 5.41) is 36.0. The Morgan fingerprint density at radius 3 is 2.39 bits per heavy atom. The number of nitrogens with one attached hydrogen (secondary N) is 1. The van der Waals surface area contributed by atoms with Crippen LogP contribution in [0, 0.1) is 0 Å². The van der Waals surface area contributed by atoms with E-state index < -0.39 is 29.6 Å². The smallest absolute Gasteiger partial charge is 0.332 e. The maximum atomic E-state index is 12.6. The van der Waals surface area contributed by atoms with E-state index in [4.69, 9.17) is 21.2 Å². The van der Waals surface area contributed by atoms with Crippen LogP contribution in [0.5, 0.6) is 0 Å². The normalized spacial score (nSPS) is 13.4. The summed E-state index contributed by atoms with van der Waals surface area (Å²) in [5.41, 5.74) is 1.64. The number of carbonyl (C=O) groups is 2. The Morgan fingerprint density at radius 1 is 1.12 bits per heavy atom. The molecule has 8 nitrogen and oxygen atoms in total. The van der Waals surface area contributed by atoms with Gasteiger partial charge < -0.3 is 25.2 Å². The van der Waals surface area contributed by atoms with E-state index in [1.165, 1.54) is 19.9 Å². The third kappa shape index (κ3) is 6.64. The second kappa shape index (κ2) is 10.2. The fraction of sp³-hybridized carbons (Fsp3) is 0.292. The molecule has 1 heterocycles. The molecule has 3 aromatic rings. The van der Waals surface area contributed by atoms with Gasteiger partial charge in [0.25, 0.3) is 5.91 Å². The van der Waals surface area contributed by atoms with Gasteiger partial charge in [0.1, 0.15) is 11.3 Å². The Morgan fingerprint density at radius 2 is 1.82 bits per heavy atom. The summed E-state index contributed by atoms with van der Waals surface area (Å²) in [7, 11) is 0. The van der Waals surface area contributed by atoms with Crippen molar-refractivity contribution in [2.75, 3.05) is 0 Å². The number of halogens is 1. The van der Waals surface area contributed by atoms with E-state index >= 15 is 0 Å². The Labute approximate surface area is 195 Å². The molecule has 4 N–H and O–H groups in total. The predicted octanol–water partition coefficient (Wildman–Crippen LogP) is 3.40. The molecule has 0 spiro atoms. The van der Waals surface area contributed by atoms with E-state index in [1.807, 2.05) is 42.5 Å². The number of aliphatic hydroxyl groups excluding tert-OH is 1. The summed E-state index contributed by atoms with van der Waals surface area (Å²) in [6, 6.07) is 15.6. The molecule has 0 radical (unpaired) electrons. The van der Waals surface area contributed by atoms with Crippen LogP contribution >= 0.6 is 11.6 Å². The van der Waals surface area contributed by atoms with Crippen LogP contribution < -0.4 is 5.32 Å². The average Bonchev–Trinajstić information content (AvgIpc) is 3.25. The number of carboxylic acids is 1. The molecule has 0 saturated carbocycles. The zero-order valence-corrected chi connectivity index (χ0v) is 18.9. The zero-order valence-electron chi connectivity index (χ0n) is 18.2. The monoisotopic (exact) mass is 472 g/mol. The summed E-state index contributed by atoms with van der Waals surface area (Å²) in [5.74, 6) is -2.14. The number of hydrogen-bond acceptors (Lipinski definition) is 6. The first-order chi connectivity index (χ1) is 15.5. The third-order valence-corrected chi connectivity index (χ3v) is 5.32. The summed E-state index contributed by atoms with van der Waals surface area (Å²) in [4.78, 5) is 23.8. The molecule has 174 valence electrons. The molecular formula is C24H25ClN2O6. The van der Waals surface area contributed by atoms with Gasteiger partial charge in [-0.15, -0.1) is 0 Å². The van der Waals surface area contributed by atoms with Gasteiger partial charge in [-0.1, -0.05) is 53.2 Å². The highest BCUT2D eigenvalue weighted by molar-refractivity contribution is 6.30. The minimum atomic E-state index is -1.65. The van der Waals surface area contributed by atoms with E-state index in [0.29, 0.717) is 5.02 Å². The number of carboxylic acid groups (broad SMARTS) is 1. The SMILES string of the molecule is CC(C)(O)c1cc(C(=O)N[C@H](Cc2ccc(-c3cccc(Cl)c3)cc2)C[C@@H](O)C(=O)O)on1. The van der Waals surface area contributed by atoms with Crippen LogP contribution in [0.15, 0.2) is 59.1 Å². The molecule has 0 aliphatic rings. The Balaban J connectivity index is 1.75. The molecule has 2 aromatic carbocycles. The molecule has 9 heteroatoms. The number of amides is 1. The Kier molecular flexibility index (Phi) is 7.53. The van der Waals surface area contributed by atoms with Crippen molar-refractivity contribution in [2.45, 2.75) is 44.4 Å². The molecule has 2 atom stereocenters. The van der Waals surface area contributed by atoms with Crippen LogP contribution in [0.1, 0.15) is 42.1 Å². The Bertz CT molecular complexity index is 1120. The number of nitrogens with zero attached hydrogens (tertiary/aromatic N) is 1. The summed E-state index contributed by atoms with van der Waals surface area (Å²) >= 11 is 6.06. The molecule has 0 fully saturated rings. The molecule has 0 unspecified atom stereocenters. The van der Waals surface area contributed by atoms with Gasteiger partial charge in [-0.25, -0.2) is 4.79 Å². The van der Waals surface area contributed by atoms with E-state index in [0.717, 1.165) is 16.7 Å². The zero-order chi connectivity index (χ0) is 24.2. The summed E-state index contributed by atoms with van der Waals surface area (Å²) in [6.07, 6.45) is -1.58. The number of benzene rings is 2. The lowest BCUT2D eigenvalue weighted by Gasteiger charge is -2.20. The van der Waals surface area contributed by atoms with E-state index in [1.54, 1.807) is 6.07 Å². The number of hydrogen-bond donors (Lipinski definition) is 4. The quantitative estimate of drug-likeness (QED) is 0.375. The van der Waals surface area contributed by atoms with Gasteiger partial charge in [0.15, 0.2) is 6.10 Å². The van der Waals surface area contributed by atoms with Crippen LogP contribution in [0.25, 0.3) is 11.1 Å². The van der Waals surface area contributed by atoms with Crippen molar-refractivity contribution in [3.8, 4) is 11.1 Å². The lowest BCUT2D eigenvalue weighted by molar-refractivity contribution is -0.147. The fourth-order valence-electron chi connectivity index (χ4n) is 3.28. The van der Waals surface area contributed by atoms with Crippen LogP contribution in [0.3, 0.4) is 0 Å². The minimum Gasteiger partial charge on any atom is -0.479 e. The molecule has 1 aromatic heterocycles. The van der Waals surface area contributed by atoms with Crippen molar-refractivity contribution in [1.29, 1.82) is 0 Å². The van der Waals surface area contributed by atoms with Crippen LogP contribution in [-0.2, 0) is 16.8 Å². The topological polar surface area (TPSA) is 133 Å². The number of rotatable bonds is 9. The first-order valence-corrected chi connectivity index (χ1v) is 10.7. The lowest BCUT2D eigenvalue weighted by atomic mass is 9.97. The Hall–Kier alpha value is -3.20. The van der Waals surface area contributed by atoms with E-state index in [9.17, 15) is 19.8 Å². The maximum Gasteiger partial charge on any atom is 0.332 e. The average molecular weight is 473 g/mol. The lowest BCUT2D eigenvalue weighted by Crippen LogP contribution is -2.40. The van der Waals surface area contributed by atoms with Gasteiger partial charge in [0, 0.05) is 23.6 Å². The summed E-state index contributed by atoms with van der Waals surface area (Å²) < 4.78 is 5.02. The molecule has 0 bridgehead atoms. The van der Waals surface area contributed by atoms with Gasteiger partial charge in [-0.2, -0.15) is 0 Å². The largest absolute Gasteiger partial charge is 0.479 e. The third-order valence-electron chi connectivity index (χ3n) is 5.08. The van der Waals surface area contributed by atoms with E-state index in [-0.39, 0.29) is 24.3 Å². The van der Waals surface area contributed by atoms with Gasteiger partial charge in [-0.05, 0) is 49.1 Å². The van der Waals surface area contributed by atoms with Crippen molar-refractivity contribution in [3.63, 3.8) is 0 Å². The standard InChI is InChI=1S/C24H25ClN2O6/c1-24(2,32)21-13-20(33-27-21)22(29)26-18(12-19(28)23(30)31)10-14-6-8-15(9-7-14)16-4-3-5-17(25)11-16/h3-9,11,13,18-19,28,32H,10,12H2,1-2H3,(H,26,29)(H,30,31)/t18-,19-/m1/s1. The first kappa shape index (κ1) is 24.4. The number of aliphatic hydroxyl groups is 2. The van der Waals surface area contributed by atoms with Crippen molar-refractivity contribution in [1.82, 2.24) is 10.5 Å². The fourth-order valence-corrected chi connectivity index (χ4v) is 3.47. The number of aliphatic carboxylic acids is 1. The van der Waals surface area contributed by atoms with Gasteiger partial charge in [0.05, 0.1) is 0 Å². The van der Waals surface area contributed by atoms with Crippen molar-refractivity contribution < 1.29 is 29.4 Å². The van der Waals surface area contributed by atoms with Crippen molar-refractivity contribution in [3.05, 3.63) is 76.6 Å². The highest BCUT2D eigenvalue weighted by Gasteiger charge is 2.26. The van der Waals surface area contributed by atoms with Gasteiger partial charge in [0.2, 0.25) is 5.76 Å². The number of aromatic nitrogens is 1. The molecule has 0 saturated heterocycles. The van der Waals surface area contributed by atoms with Crippen molar-refractivity contribution in [2.24, 2.45) is 0 Å². The van der Waals surface area contributed by atoms with Crippen LogP contribution in [-0.4, -0.2) is 44.5 Å². The van der Waals surface area contributed by atoms with Gasteiger partial charge >= 0.3 is 5.97 Å². The highest BCUT2D eigenvalue weighted by Crippen LogP contribution is 2.24. The molecule has 1 amide bonds. The molecule has 3 rings (SSSR count). The predicted molar refractivity (Wildman–Crippen MR) is 122 cm³/mol. The number of carbonyl (C=O) groups excluding carboxylic acids is 1. The van der Waals surface area contributed by atoms with Crippen LogP contribution in [0.2, 0.25) is 5.02 Å². The van der Waals surface area contributed by atoms with Crippen LogP contribution in [0.4, 0.5) is 0 Å². The molecule has 33 heavy (non-hydrogen) atoms. The molecule has 0 aliphatic carbocycles. The first-order valence-electron chi connectivity index (χ1n) is 10.3. The molecule has 0 aliphatic heterocycles.